The molecule has 3 heterocycles. The van der Waals surface area contributed by atoms with Gasteiger partial charge >= 0.3 is 5.97 Å². The molecular formula is C33H44N2O2. The smallest absolute Gasteiger partial charge is 0.310 e. The number of ether oxygens (including phenoxy) is 1. The van der Waals surface area contributed by atoms with E-state index in [1.807, 2.05) is 6.92 Å². The highest BCUT2D eigenvalue weighted by molar-refractivity contribution is 5.72. The first kappa shape index (κ1) is 25.1. The lowest BCUT2D eigenvalue weighted by molar-refractivity contribution is -0.149. The van der Waals surface area contributed by atoms with E-state index in [-0.39, 0.29) is 11.9 Å². The molecule has 37 heavy (non-hydrogen) atoms. The summed E-state index contributed by atoms with van der Waals surface area (Å²) >= 11 is 0. The molecule has 4 heteroatoms. The van der Waals surface area contributed by atoms with E-state index >= 15 is 0 Å². The number of piperidine rings is 3. The highest BCUT2D eigenvalue weighted by Crippen LogP contribution is 2.64. The summed E-state index contributed by atoms with van der Waals surface area (Å²) in [5, 5.41) is 0. The second-order valence-corrected chi connectivity index (χ2v) is 12.3. The number of hydrogen-bond donors (Lipinski definition) is 0. The van der Waals surface area contributed by atoms with Gasteiger partial charge in [0.1, 0.15) is 0 Å². The summed E-state index contributed by atoms with van der Waals surface area (Å²) in [6.07, 6.45) is 9.91. The Labute approximate surface area is 223 Å². The van der Waals surface area contributed by atoms with Crippen molar-refractivity contribution in [2.45, 2.75) is 75.2 Å². The fourth-order valence-electron chi connectivity index (χ4n) is 8.94. The lowest BCUT2D eigenvalue weighted by Gasteiger charge is -2.68. The van der Waals surface area contributed by atoms with Crippen molar-refractivity contribution >= 4 is 5.97 Å². The van der Waals surface area contributed by atoms with Crippen LogP contribution in [-0.4, -0.2) is 61.1 Å². The minimum Gasteiger partial charge on any atom is -0.466 e. The number of fused-ring (bicyclic) bond motifs is 1. The molecule has 0 spiro atoms. The van der Waals surface area contributed by atoms with E-state index in [0.29, 0.717) is 29.4 Å². The van der Waals surface area contributed by atoms with Gasteiger partial charge in [0.2, 0.25) is 0 Å². The van der Waals surface area contributed by atoms with Crippen molar-refractivity contribution < 1.29 is 9.53 Å². The second kappa shape index (κ2) is 10.5. The van der Waals surface area contributed by atoms with Crippen LogP contribution in [0.5, 0.6) is 0 Å². The van der Waals surface area contributed by atoms with Crippen LogP contribution in [0.2, 0.25) is 0 Å². The standard InChI is InChI=1S/C33H44N2O2/c1-2-37-31(36)26-12-9-19-34(24-26)20-11-21-35-25-30-32(27-13-5-3-6-14-27)17-10-18-33(30,23-29(35)22-32)28-15-7-4-8-16-28/h3-8,13-16,26,29-30H,2,9-12,17-25H2,1H3. The van der Waals surface area contributed by atoms with Crippen LogP contribution >= 0.6 is 0 Å². The molecule has 2 aliphatic carbocycles. The third kappa shape index (κ3) is 4.55. The van der Waals surface area contributed by atoms with Gasteiger partial charge in [-0.2, -0.15) is 0 Å². The van der Waals surface area contributed by atoms with E-state index in [9.17, 15) is 4.79 Å². The van der Waals surface area contributed by atoms with Crippen LogP contribution in [-0.2, 0) is 20.4 Å². The van der Waals surface area contributed by atoms with Gasteiger partial charge in [-0.25, -0.2) is 0 Å². The maximum absolute atomic E-state index is 12.3. The first-order valence-electron chi connectivity index (χ1n) is 14.9. The SMILES string of the molecule is CCOC(=O)C1CCCN(CCCN2CC3C4(c5ccccc5)CCCC3(c3ccccc3)CC2C4)C1. The fraction of sp³-hybridized carbons (Fsp3) is 0.606. The molecule has 3 unspecified atom stereocenters. The summed E-state index contributed by atoms with van der Waals surface area (Å²) in [6, 6.07) is 23.7. The number of esters is 1. The molecule has 3 atom stereocenters. The number of likely N-dealkylation sites (tertiary alicyclic amines) is 1. The molecule has 0 radical (unpaired) electrons. The largest absolute Gasteiger partial charge is 0.466 e. The molecule has 3 saturated heterocycles. The van der Waals surface area contributed by atoms with Crippen LogP contribution in [0.25, 0.3) is 0 Å². The van der Waals surface area contributed by atoms with E-state index in [2.05, 4.69) is 70.5 Å². The highest BCUT2D eigenvalue weighted by atomic mass is 16.5. The van der Waals surface area contributed by atoms with Crippen molar-refractivity contribution in [2.75, 3.05) is 39.3 Å². The predicted molar refractivity (Wildman–Crippen MR) is 149 cm³/mol. The van der Waals surface area contributed by atoms with Gasteiger partial charge in [-0.1, -0.05) is 67.1 Å². The van der Waals surface area contributed by atoms with Crippen LogP contribution in [0.4, 0.5) is 0 Å². The Balaban J connectivity index is 1.17. The molecule has 2 saturated carbocycles. The van der Waals surface area contributed by atoms with Gasteiger partial charge in [-0.15, -0.1) is 0 Å². The number of carbonyl (C=O) groups is 1. The molecule has 5 fully saturated rings. The average Bonchev–Trinajstić information content (AvgIpc) is 2.94. The van der Waals surface area contributed by atoms with Crippen LogP contribution < -0.4 is 0 Å². The molecular weight excluding hydrogens is 456 g/mol. The third-order valence-electron chi connectivity index (χ3n) is 10.5. The van der Waals surface area contributed by atoms with Gasteiger partial charge in [0.05, 0.1) is 12.5 Å². The summed E-state index contributed by atoms with van der Waals surface area (Å²) in [6.45, 7) is 7.88. The van der Waals surface area contributed by atoms with Crippen LogP contribution in [0.3, 0.4) is 0 Å². The highest BCUT2D eigenvalue weighted by Gasteiger charge is 2.63. The van der Waals surface area contributed by atoms with Crippen molar-refractivity contribution in [1.82, 2.24) is 9.80 Å². The van der Waals surface area contributed by atoms with E-state index in [1.165, 1.54) is 51.6 Å². The van der Waals surface area contributed by atoms with Gasteiger partial charge in [0.25, 0.3) is 0 Å². The molecule has 2 aromatic carbocycles. The number of nitrogens with zero attached hydrogens (tertiary/aromatic N) is 2. The van der Waals surface area contributed by atoms with Crippen molar-refractivity contribution in [1.29, 1.82) is 0 Å². The number of carbonyl (C=O) groups excluding carboxylic acids is 1. The maximum Gasteiger partial charge on any atom is 0.310 e. The Kier molecular flexibility index (Phi) is 7.15. The fourth-order valence-corrected chi connectivity index (χ4v) is 8.94. The molecule has 0 amide bonds. The van der Waals surface area contributed by atoms with Crippen molar-refractivity contribution in [3.63, 3.8) is 0 Å². The molecule has 0 N–H and O–H groups in total. The zero-order chi connectivity index (χ0) is 25.3. The summed E-state index contributed by atoms with van der Waals surface area (Å²) in [4.78, 5) is 17.6. The summed E-state index contributed by atoms with van der Waals surface area (Å²) in [5.41, 5.74) is 3.80. The topological polar surface area (TPSA) is 32.8 Å². The lowest BCUT2D eigenvalue weighted by atomic mass is 9.42. The Bertz CT molecular complexity index is 1000. The summed E-state index contributed by atoms with van der Waals surface area (Å²) in [5.74, 6) is 0.742. The quantitative estimate of drug-likeness (QED) is 0.429. The second-order valence-electron chi connectivity index (χ2n) is 12.3. The van der Waals surface area contributed by atoms with E-state index < -0.39 is 0 Å². The minimum atomic E-state index is 0.00417. The molecule has 3 aliphatic heterocycles. The molecule has 7 rings (SSSR count). The monoisotopic (exact) mass is 500 g/mol. The Morgan fingerprint density at radius 3 is 2.14 bits per heavy atom. The van der Waals surface area contributed by atoms with E-state index in [0.717, 1.165) is 32.5 Å². The Hall–Kier alpha value is -2.17. The third-order valence-corrected chi connectivity index (χ3v) is 10.5. The Morgan fingerprint density at radius 2 is 1.54 bits per heavy atom. The normalized spacial score (nSPS) is 33.8. The maximum atomic E-state index is 12.3. The molecule has 5 aliphatic rings. The van der Waals surface area contributed by atoms with E-state index in [1.54, 1.807) is 11.1 Å². The number of hydrogen-bond acceptors (Lipinski definition) is 4. The summed E-state index contributed by atoms with van der Waals surface area (Å²) < 4.78 is 5.32. The van der Waals surface area contributed by atoms with Crippen molar-refractivity contribution in [2.24, 2.45) is 11.8 Å². The van der Waals surface area contributed by atoms with Crippen LogP contribution in [0.15, 0.2) is 60.7 Å². The van der Waals surface area contributed by atoms with Gasteiger partial charge in [-0.3, -0.25) is 9.69 Å². The molecule has 4 bridgehead atoms. The zero-order valence-electron chi connectivity index (χ0n) is 22.6. The summed E-state index contributed by atoms with van der Waals surface area (Å²) in [7, 11) is 0. The van der Waals surface area contributed by atoms with E-state index in [4.69, 9.17) is 4.74 Å². The number of rotatable bonds is 8. The minimum absolute atomic E-state index is 0.00417. The molecule has 2 aromatic rings. The van der Waals surface area contributed by atoms with Gasteiger partial charge < -0.3 is 9.64 Å². The van der Waals surface area contributed by atoms with Crippen LogP contribution in [0.1, 0.15) is 69.4 Å². The van der Waals surface area contributed by atoms with Crippen molar-refractivity contribution in [3.8, 4) is 0 Å². The van der Waals surface area contributed by atoms with Crippen molar-refractivity contribution in [3.05, 3.63) is 71.8 Å². The molecule has 0 aromatic heterocycles. The van der Waals surface area contributed by atoms with Gasteiger partial charge in [-0.05, 0) is 88.5 Å². The van der Waals surface area contributed by atoms with Crippen LogP contribution in [0, 0.1) is 11.8 Å². The molecule has 4 nitrogen and oxygen atoms in total. The average molecular weight is 501 g/mol. The van der Waals surface area contributed by atoms with Gasteiger partial charge in [0.15, 0.2) is 0 Å². The molecule has 198 valence electrons. The van der Waals surface area contributed by atoms with Gasteiger partial charge in [0, 0.05) is 30.0 Å². The lowest BCUT2D eigenvalue weighted by Crippen LogP contribution is -2.69. The zero-order valence-corrected chi connectivity index (χ0v) is 22.6. The first-order valence-corrected chi connectivity index (χ1v) is 14.9. The number of benzene rings is 2. The Morgan fingerprint density at radius 1 is 0.892 bits per heavy atom. The first-order chi connectivity index (χ1) is 18.1. The predicted octanol–water partition coefficient (Wildman–Crippen LogP) is 5.81.